The number of hydrogen-bond acceptors (Lipinski definition) is 6. The van der Waals surface area contributed by atoms with E-state index in [2.05, 4.69) is 9.97 Å². The Morgan fingerprint density at radius 3 is 2.75 bits per heavy atom. The van der Waals surface area contributed by atoms with Gasteiger partial charge in [0, 0.05) is 24.2 Å². The highest BCUT2D eigenvalue weighted by atomic mass is 32.2. The molecule has 2 heterocycles. The first-order valence-corrected chi connectivity index (χ1v) is 6.86. The molecule has 1 aliphatic heterocycles. The van der Waals surface area contributed by atoms with Crippen molar-refractivity contribution in [3.8, 4) is 0 Å². The van der Waals surface area contributed by atoms with Crippen LogP contribution in [-0.2, 0) is 16.4 Å². The maximum Gasteiger partial charge on any atom is 0.151 e. The van der Waals surface area contributed by atoms with Crippen LogP contribution in [0.15, 0.2) is 6.20 Å². The fourth-order valence-corrected chi connectivity index (χ4v) is 3.53. The molecule has 1 fully saturated rings. The first-order valence-electron chi connectivity index (χ1n) is 5.03. The van der Waals surface area contributed by atoms with Gasteiger partial charge in [-0.1, -0.05) is 0 Å². The van der Waals surface area contributed by atoms with E-state index in [0.717, 1.165) is 0 Å². The molecule has 0 amide bonds. The number of rotatable bonds is 2. The van der Waals surface area contributed by atoms with Crippen molar-refractivity contribution in [2.75, 3.05) is 17.2 Å². The van der Waals surface area contributed by atoms with Crippen LogP contribution in [0.1, 0.15) is 23.7 Å². The molecule has 6 nitrogen and oxygen atoms in total. The predicted molar refractivity (Wildman–Crippen MR) is 60.3 cm³/mol. The van der Waals surface area contributed by atoms with E-state index in [9.17, 15) is 8.42 Å². The van der Waals surface area contributed by atoms with Gasteiger partial charge in [-0.15, -0.1) is 0 Å². The van der Waals surface area contributed by atoms with E-state index in [-0.39, 0.29) is 24.0 Å². The molecule has 1 unspecified atom stereocenters. The van der Waals surface area contributed by atoms with Crippen molar-refractivity contribution in [3.05, 3.63) is 17.6 Å². The molecule has 1 aromatic rings. The molecule has 0 aromatic carbocycles. The number of nitrogen functional groups attached to an aromatic ring is 1. The highest BCUT2D eigenvalue weighted by molar-refractivity contribution is 7.91. The number of sulfone groups is 1. The first kappa shape index (κ1) is 11.3. The van der Waals surface area contributed by atoms with Crippen molar-refractivity contribution < 1.29 is 8.42 Å². The van der Waals surface area contributed by atoms with Crippen LogP contribution < -0.4 is 11.5 Å². The summed E-state index contributed by atoms with van der Waals surface area (Å²) in [5.41, 5.74) is 11.8. The van der Waals surface area contributed by atoms with Crippen LogP contribution in [0.3, 0.4) is 0 Å². The van der Waals surface area contributed by atoms with E-state index in [4.69, 9.17) is 11.5 Å². The maximum atomic E-state index is 11.3. The van der Waals surface area contributed by atoms with Crippen LogP contribution >= 0.6 is 0 Å². The summed E-state index contributed by atoms with van der Waals surface area (Å²) in [6.45, 7) is 0.287. The van der Waals surface area contributed by atoms with Crippen LogP contribution in [0.25, 0.3) is 0 Å². The summed E-state index contributed by atoms with van der Waals surface area (Å²) in [4.78, 5) is 8.24. The molecule has 0 saturated carbocycles. The summed E-state index contributed by atoms with van der Waals surface area (Å²) in [6.07, 6.45) is 2.15. The number of nitrogens with zero attached hydrogens (tertiary/aromatic N) is 2. The van der Waals surface area contributed by atoms with Gasteiger partial charge in [-0.2, -0.15) is 0 Å². The Morgan fingerprint density at radius 2 is 2.25 bits per heavy atom. The summed E-state index contributed by atoms with van der Waals surface area (Å²) in [5.74, 6) is 1.06. The van der Waals surface area contributed by atoms with Gasteiger partial charge in [0.2, 0.25) is 0 Å². The molecule has 0 radical (unpaired) electrons. The lowest BCUT2D eigenvalue weighted by Gasteiger charge is -2.08. The fraction of sp³-hybridized carbons (Fsp3) is 0.556. The molecule has 0 aliphatic carbocycles. The van der Waals surface area contributed by atoms with E-state index in [1.54, 1.807) is 6.20 Å². The van der Waals surface area contributed by atoms with Gasteiger partial charge in [0.25, 0.3) is 0 Å². The van der Waals surface area contributed by atoms with Crippen LogP contribution in [0.2, 0.25) is 0 Å². The Labute approximate surface area is 94.0 Å². The van der Waals surface area contributed by atoms with E-state index in [1.807, 2.05) is 0 Å². The second-order valence-corrected chi connectivity index (χ2v) is 6.17. The molecule has 1 aliphatic rings. The average Bonchev–Trinajstić information content (AvgIpc) is 2.59. The zero-order chi connectivity index (χ0) is 11.8. The van der Waals surface area contributed by atoms with Crippen molar-refractivity contribution in [2.45, 2.75) is 18.9 Å². The maximum absolute atomic E-state index is 11.3. The van der Waals surface area contributed by atoms with Crippen molar-refractivity contribution in [1.29, 1.82) is 0 Å². The Kier molecular flexibility index (Phi) is 2.81. The SMILES string of the molecule is NCc1cnc(C2CCS(=O)(=O)C2)nc1N. The van der Waals surface area contributed by atoms with Crippen LogP contribution in [0, 0.1) is 0 Å². The van der Waals surface area contributed by atoms with Gasteiger partial charge < -0.3 is 11.5 Å². The zero-order valence-corrected chi connectivity index (χ0v) is 9.57. The Morgan fingerprint density at radius 1 is 1.50 bits per heavy atom. The minimum Gasteiger partial charge on any atom is -0.383 e. The van der Waals surface area contributed by atoms with E-state index in [0.29, 0.717) is 23.6 Å². The molecule has 16 heavy (non-hydrogen) atoms. The quantitative estimate of drug-likeness (QED) is 0.717. The van der Waals surface area contributed by atoms with Crippen molar-refractivity contribution >= 4 is 15.7 Å². The molecule has 7 heteroatoms. The average molecular weight is 242 g/mol. The summed E-state index contributed by atoms with van der Waals surface area (Å²) >= 11 is 0. The van der Waals surface area contributed by atoms with E-state index < -0.39 is 9.84 Å². The summed E-state index contributed by atoms with van der Waals surface area (Å²) in [6, 6.07) is 0. The molecule has 0 spiro atoms. The minimum absolute atomic E-state index is 0.119. The molecule has 1 aromatic heterocycles. The second kappa shape index (κ2) is 3.99. The lowest BCUT2D eigenvalue weighted by atomic mass is 10.1. The molecular formula is C9H14N4O2S. The number of hydrogen-bond donors (Lipinski definition) is 2. The van der Waals surface area contributed by atoms with Gasteiger partial charge in [-0.25, -0.2) is 18.4 Å². The summed E-state index contributed by atoms with van der Waals surface area (Å²) in [7, 11) is -2.92. The lowest BCUT2D eigenvalue weighted by molar-refractivity contribution is 0.601. The third kappa shape index (κ3) is 2.14. The monoisotopic (exact) mass is 242 g/mol. The largest absolute Gasteiger partial charge is 0.383 e. The molecule has 0 bridgehead atoms. The third-order valence-corrected chi connectivity index (χ3v) is 4.50. The molecule has 1 atom stereocenters. The fourth-order valence-electron chi connectivity index (χ4n) is 1.79. The first-order chi connectivity index (χ1) is 7.52. The molecule has 88 valence electrons. The lowest BCUT2D eigenvalue weighted by Crippen LogP contribution is -2.11. The number of nitrogens with two attached hydrogens (primary N) is 2. The van der Waals surface area contributed by atoms with Crippen LogP contribution in [0.4, 0.5) is 5.82 Å². The molecule has 4 N–H and O–H groups in total. The summed E-state index contributed by atoms with van der Waals surface area (Å²) < 4.78 is 22.6. The Hall–Kier alpha value is -1.21. The number of aromatic nitrogens is 2. The van der Waals surface area contributed by atoms with Crippen molar-refractivity contribution in [1.82, 2.24) is 9.97 Å². The van der Waals surface area contributed by atoms with Gasteiger partial charge >= 0.3 is 0 Å². The van der Waals surface area contributed by atoms with Crippen molar-refractivity contribution in [3.63, 3.8) is 0 Å². The van der Waals surface area contributed by atoms with Gasteiger partial charge in [-0.05, 0) is 6.42 Å². The Balaban J connectivity index is 2.26. The third-order valence-electron chi connectivity index (χ3n) is 2.73. The topological polar surface area (TPSA) is 112 Å². The van der Waals surface area contributed by atoms with Gasteiger partial charge in [0.05, 0.1) is 11.5 Å². The van der Waals surface area contributed by atoms with Gasteiger partial charge in [0.1, 0.15) is 11.6 Å². The highest BCUT2D eigenvalue weighted by Crippen LogP contribution is 2.26. The highest BCUT2D eigenvalue weighted by Gasteiger charge is 2.31. The normalized spacial score (nSPS) is 23.4. The van der Waals surface area contributed by atoms with Crippen LogP contribution in [0.5, 0.6) is 0 Å². The smallest absolute Gasteiger partial charge is 0.151 e. The van der Waals surface area contributed by atoms with Crippen molar-refractivity contribution in [2.24, 2.45) is 5.73 Å². The molecule has 1 saturated heterocycles. The van der Waals surface area contributed by atoms with E-state index >= 15 is 0 Å². The molecular weight excluding hydrogens is 228 g/mol. The second-order valence-electron chi connectivity index (χ2n) is 3.94. The molecule has 2 rings (SSSR count). The Bertz CT molecular complexity index is 500. The van der Waals surface area contributed by atoms with Gasteiger partial charge in [0.15, 0.2) is 9.84 Å². The standard InChI is InChI=1S/C9H14N4O2S/c10-3-7-4-12-9(13-8(7)11)6-1-2-16(14,15)5-6/h4,6H,1-3,5,10H2,(H2,11,12,13). The minimum atomic E-state index is -2.92. The number of anilines is 1. The van der Waals surface area contributed by atoms with Crippen LogP contribution in [-0.4, -0.2) is 29.9 Å². The van der Waals surface area contributed by atoms with E-state index in [1.165, 1.54) is 0 Å². The predicted octanol–water partition coefficient (Wildman–Crippen LogP) is -0.580. The summed E-state index contributed by atoms with van der Waals surface area (Å²) in [5, 5.41) is 0. The zero-order valence-electron chi connectivity index (χ0n) is 8.76. The van der Waals surface area contributed by atoms with Gasteiger partial charge in [-0.3, -0.25) is 0 Å².